The van der Waals surface area contributed by atoms with Crippen LogP contribution in [0.15, 0.2) is 83.5 Å². The van der Waals surface area contributed by atoms with Crippen molar-refractivity contribution in [2.45, 2.75) is 27.7 Å². The molecule has 5 rings (SSSR count). The van der Waals surface area contributed by atoms with Gasteiger partial charge in [-0.15, -0.1) is 0 Å². The first-order valence-electron chi connectivity index (χ1n) is 12.0. The lowest BCUT2D eigenvalue weighted by molar-refractivity contribution is -0.111. The normalized spacial score (nSPS) is 11.8. The summed E-state index contributed by atoms with van der Waals surface area (Å²) in [6.45, 7) is 8.00. The summed E-state index contributed by atoms with van der Waals surface area (Å²) < 4.78 is 11.8. The van der Waals surface area contributed by atoms with Crippen LogP contribution < -0.4 is 10.1 Å². The first-order valence-corrected chi connectivity index (χ1v) is 12.0. The number of anilines is 1. The predicted molar refractivity (Wildman–Crippen MR) is 149 cm³/mol. The largest absolute Gasteiger partial charge is 0.496 e. The molecule has 0 fully saturated rings. The predicted octanol–water partition coefficient (Wildman–Crippen LogP) is 8.23. The van der Waals surface area contributed by atoms with Gasteiger partial charge in [-0.1, -0.05) is 42.5 Å². The third-order valence-electron chi connectivity index (χ3n) is 6.86. The summed E-state index contributed by atoms with van der Waals surface area (Å²) in [7, 11) is 1.65. The van der Waals surface area contributed by atoms with E-state index in [0.29, 0.717) is 5.75 Å². The minimum absolute atomic E-state index is 0.183. The van der Waals surface area contributed by atoms with Crippen molar-refractivity contribution in [3.8, 4) is 16.9 Å². The van der Waals surface area contributed by atoms with Crippen molar-refractivity contribution in [1.82, 2.24) is 0 Å². The highest BCUT2D eigenvalue weighted by Gasteiger charge is 2.19. The number of rotatable bonds is 5. The molecule has 0 saturated heterocycles. The standard InChI is InChI=1S/C32H29NO3/c1-19-10-13-26(14-20(19)2)33-30(34)15-21(3)27-17-28-29(18-36-32(28)22(4)31(27)35-5)25-12-11-23-8-6-7-9-24(23)16-25/h6-18H,1-5H3,(H,33,34)/b21-15+. The second kappa shape index (κ2) is 9.38. The van der Waals surface area contributed by atoms with Crippen LogP contribution >= 0.6 is 0 Å². The first-order chi connectivity index (χ1) is 17.4. The Hall–Kier alpha value is -4.31. The van der Waals surface area contributed by atoms with Gasteiger partial charge in [-0.2, -0.15) is 0 Å². The number of hydrogen-bond acceptors (Lipinski definition) is 3. The number of allylic oxidation sites excluding steroid dienone is 1. The highest BCUT2D eigenvalue weighted by molar-refractivity contribution is 6.06. The van der Waals surface area contributed by atoms with Gasteiger partial charge in [-0.25, -0.2) is 0 Å². The third-order valence-corrected chi connectivity index (χ3v) is 6.86. The van der Waals surface area contributed by atoms with Gasteiger partial charge in [0.1, 0.15) is 11.3 Å². The summed E-state index contributed by atoms with van der Waals surface area (Å²) in [6, 6.07) is 22.7. The van der Waals surface area contributed by atoms with E-state index in [9.17, 15) is 4.79 Å². The van der Waals surface area contributed by atoms with Gasteiger partial charge in [0.15, 0.2) is 0 Å². The van der Waals surface area contributed by atoms with Crippen molar-refractivity contribution >= 4 is 38.9 Å². The minimum atomic E-state index is -0.183. The van der Waals surface area contributed by atoms with E-state index in [2.05, 4.69) is 48.6 Å². The lowest BCUT2D eigenvalue weighted by Gasteiger charge is -2.13. The summed E-state index contributed by atoms with van der Waals surface area (Å²) in [5, 5.41) is 6.33. The van der Waals surface area contributed by atoms with Crippen LogP contribution in [0.25, 0.3) is 38.4 Å². The maximum absolute atomic E-state index is 12.9. The zero-order valence-corrected chi connectivity index (χ0v) is 21.2. The van der Waals surface area contributed by atoms with E-state index in [4.69, 9.17) is 9.15 Å². The SMILES string of the molecule is COc1c(/C(C)=C/C(=O)Nc2ccc(C)c(C)c2)cc2c(-c3ccc4ccccc4c3)coc2c1C. The number of furan rings is 1. The Labute approximate surface area is 211 Å². The Morgan fingerprint density at radius 2 is 1.69 bits per heavy atom. The number of carbonyl (C=O) groups excluding carboxylic acids is 1. The molecule has 4 heteroatoms. The molecule has 0 atom stereocenters. The van der Waals surface area contributed by atoms with Crippen LogP contribution in [0, 0.1) is 20.8 Å². The second-order valence-electron chi connectivity index (χ2n) is 9.29. The number of benzene rings is 4. The first kappa shape index (κ1) is 23.4. The Morgan fingerprint density at radius 1 is 0.917 bits per heavy atom. The van der Waals surface area contributed by atoms with Crippen molar-refractivity contribution in [2.24, 2.45) is 0 Å². The molecule has 0 saturated carbocycles. The maximum Gasteiger partial charge on any atom is 0.248 e. The van der Waals surface area contributed by atoms with Gasteiger partial charge in [0.05, 0.1) is 13.4 Å². The van der Waals surface area contributed by atoms with Crippen LogP contribution in [0.4, 0.5) is 5.69 Å². The average molecular weight is 476 g/mol. The van der Waals surface area contributed by atoms with E-state index in [1.807, 2.05) is 51.1 Å². The molecule has 0 aliphatic rings. The number of nitrogens with one attached hydrogen (secondary N) is 1. The van der Waals surface area contributed by atoms with Gasteiger partial charge >= 0.3 is 0 Å². The van der Waals surface area contributed by atoms with Gasteiger partial charge in [0.2, 0.25) is 5.91 Å². The number of aryl methyl sites for hydroxylation is 3. The number of ether oxygens (including phenoxy) is 1. The maximum atomic E-state index is 12.9. The molecule has 0 bridgehead atoms. The summed E-state index contributed by atoms with van der Waals surface area (Å²) in [5.41, 5.74) is 8.55. The van der Waals surface area contributed by atoms with Crippen molar-refractivity contribution < 1.29 is 13.9 Å². The van der Waals surface area contributed by atoms with Crippen molar-refractivity contribution in [2.75, 3.05) is 12.4 Å². The smallest absolute Gasteiger partial charge is 0.248 e. The van der Waals surface area contributed by atoms with Gasteiger partial charge in [-0.3, -0.25) is 4.79 Å². The van der Waals surface area contributed by atoms with E-state index in [1.54, 1.807) is 19.4 Å². The fourth-order valence-corrected chi connectivity index (χ4v) is 4.72. The molecule has 0 radical (unpaired) electrons. The summed E-state index contributed by atoms with van der Waals surface area (Å²) in [4.78, 5) is 12.9. The zero-order chi connectivity index (χ0) is 25.4. The Morgan fingerprint density at radius 3 is 2.44 bits per heavy atom. The molecule has 0 aliphatic carbocycles. The quantitative estimate of drug-likeness (QED) is 0.261. The van der Waals surface area contributed by atoms with Crippen LogP contribution in [-0.4, -0.2) is 13.0 Å². The Bertz CT molecular complexity index is 1660. The van der Waals surface area contributed by atoms with Crippen molar-refractivity contribution in [3.05, 3.63) is 101 Å². The minimum Gasteiger partial charge on any atom is -0.496 e. The molecule has 1 N–H and O–H groups in total. The fraction of sp³-hybridized carbons (Fsp3) is 0.156. The highest BCUT2D eigenvalue weighted by Crippen LogP contribution is 2.41. The number of methoxy groups -OCH3 is 1. The Balaban J connectivity index is 1.56. The molecule has 36 heavy (non-hydrogen) atoms. The van der Waals surface area contributed by atoms with Gasteiger partial charge in [0, 0.05) is 33.8 Å². The van der Waals surface area contributed by atoms with E-state index >= 15 is 0 Å². The molecule has 1 aromatic heterocycles. The van der Waals surface area contributed by atoms with Crippen LogP contribution in [-0.2, 0) is 4.79 Å². The Kier molecular flexibility index (Phi) is 6.11. The number of carbonyl (C=O) groups is 1. The molecule has 0 unspecified atom stereocenters. The lowest BCUT2D eigenvalue weighted by atomic mass is 9.95. The van der Waals surface area contributed by atoms with Gasteiger partial charge in [0.25, 0.3) is 0 Å². The number of hydrogen-bond donors (Lipinski definition) is 1. The summed E-state index contributed by atoms with van der Waals surface area (Å²) in [6.07, 6.45) is 3.42. The fourth-order valence-electron chi connectivity index (χ4n) is 4.72. The lowest BCUT2D eigenvalue weighted by Crippen LogP contribution is -2.09. The van der Waals surface area contributed by atoms with Crippen LogP contribution in [0.2, 0.25) is 0 Å². The molecular formula is C32H29NO3. The zero-order valence-electron chi connectivity index (χ0n) is 21.2. The third kappa shape index (κ3) is 4.27. The number of amides is 1. The van der Waals surface area contributed by atoms with E-state index in [-0.39, 0.29) is 5.91 Å². The van der Waals surface area contributed by atoms with E-state index < -0.39 is 0 Å². The molecule has 5 aromatic rings. The van der Waals surface area contributed by atoms with Crippen LogP contribution in [0.3, 0.4) is 0 Å². The topological polar surface area (TPSA) is 51.5 Å². The average Bonchev–Trinajstić information content (AvgIpc) is 3.30. The molecular weight excluding hydrogens is 446 g/mol. The summed E-state index contributed by atoms with van der Waals surface area (Å²) >= 11 is 0. The van der Waals surface area contributed by atoms with E-state index in [1.165, 1.54) is 16.3 Å². The molecule has 4 aromatic carbocycles. The highest BCUT2D eigenvalue weighted by atomic mass is 16.5. The molecule has 180 valence electrons. The number of fused-ring (bicyclic) bond motifs is 2. The molecule has 4 nitrogen and oxygen atoms in total. The summed E-state index contributed by atoms with van der Waals surface area (Å²) in [5.74, 6) is 0.521. The van der Waals surface area contributed by atoms with Gasteiger partial charge in [-0.05, 0) is 85.0 Å². The molecule has 0 aliphatic heterocycles. The van der Waals surface area contributed by atoms with Crippen LogP contribution in [0.1, 0.15) is 29.2 Å². The van der Waals surface area contributed by atoms with Gasteiger partial charge < -0.3 is 14.5 Å². The van der Waals surface area contributed by atoms with E-state index in [0.717, 1.165) is 50.0 Å². The molecule has 1 heterocycles. The monoisotopic (exact) mass is 475 g/mol. The molecule has 0 spiro atoms. The second-order valence-corrected chi connectivity index (χ2v) is 9.29. The van der Waals surface area contributed by atoms with Crippen molar-refractivity contribution in [1.29, 1.82) is 0 Å². The molecule has 1 amide bonds. The van der Waals surface area contributed by atoms with Crippen LogP contribution in [0.5, 0.6) is 5.75 Å². The van der Waals surface area contributed by atoms with Crippen molar-refractivity contribution in [3.63, 3.8) is 0 Å².